The second-order valence-electron chi connectivity index (χ2n) is 4.25. The maximum atomic E-state index is 5.82. The van der Waals surface area contributed by atoms with E-state index in [1.165, 1.54) is 0 Å². The monoisotopic (exact) mass is 229 g/mol. The van der Waals surface area contributed by atoms with Gasteiger partial charge < -0.3 is 10.3 Å². The Bertz CT molecular complexity index is 484. The normalized spacial score (nSPS) is 11.0. The van der Waals surface area contributed by atoms with Gasteiger partial charge in [0.25, 0.3) is 0 Å². The van der Waals surface area contributed by atoms with Crippen molar-refractivity contribution in [3.05, 3.63) is 36.7 Å². The number of benzene rings is 1. The van der Waals surface area contributed by atoms with Crippen LogP contribution in [0, 0.1) is 0 Å². The first kappa shape index (κ1) is 11.7. The van der Waals surface area contributed by atoms with Crippen LogP contribution < -0.4 is 5.73 Å². The van der Waals surface area contributed by atoms with E-state index < -0.39 is 0 Å². The summed E-state index contributed by atoms with van der Waals surface area (Å²) in [5.41, 5.74) is 7.68. The minimum atomic E-state index is 0.508. The summed E-state index contributed by atoms with van der Waals surface area (Å²) in [4.78, 5) is 4.45. The van der Waals surface area contributed by atoms with Gasteiger partial charge >= 0.3 is 0 Å². The van der Waals surface area contributed by atoms with E-state index in [-0.39, 0.29) is 0 Å². The Morgan fingerprint density at radius 1 is 1.29 bits per heavy atom. The molecular formula is C14H19N3. The van der Waals surface area contributed by atoms with E-state index in [0.717, 1.165) is 29.9 Å². The van der Waals surface area contributed by atoms with E-state index in [2.05, 4.69) is 35.7 Å². The molecule has 0 atom stereocenters. The first-order valence-electron chi connectivity index (χ1n) is 6.15. The number of nitrogens with zero attached hydrogens (tertiary/aromatic N) is 2. The maximum absolute atomic E-state index is 5.82. The summed E-state index contributed by atoms with van der Waals surface area (Å²) in [5, 5.41) is 0. The van der Waals surface area contributed by atoms with E-state index in [4.69, 9.17) is 5.73 Å². The first-order valence-corrected chi connectivity index (χ1v) is 6.15. The molecular weight excluding hydrogens is 210 g/mol. The van der Waals surface area contributed by atoms with Crippen molar-refractivity contribution < 1.29 is 0 Å². The van der Waals surface area contributed by atoms with Crippen molar-refractivity contribution in [1.29, 1.82) is 0 Å². The molecule has 0 aliphatic rings. The highest BCUT2D eigenvalue weighted by molar-refractivity contribution is 5.61. The van der Waals surface area contributed by atoms with Gasteiger partial charge in [0.15, 0.2) is 0 Å². The Hall–Kier alpha value is -1.77. The fourth-order valence-electron chi connectivity index (χ4n) is 2.19. The Morgan fingerprint density at radius 2 is 2.06 bits per heavy atom. The second kappa shape index (κ2) is 5.04. The van der Waals surface area contributed by atoms with Crippen LogP contribution in [0.3, 0.4) is 0 Å². The highest BCUT2D eigenvalue weighted by Gasteiger charge is 2.12. The summed E-state index contributed by atoms with van der Waals surface area (Å²) in [6.07, 6.45) is 6.14. The third-order valence-electron chi connectivity index (χ3n) is 3.15. The van der Waals surface area contributed by atoms with Crippen LogP contribution in [0.1, 0.15) is 32.7 Å². The van der Waals surface area contributed by atoms with Gasteiger partial charge in [-0.15, -0.1) is 0 Å². The van der Waals surface area contributed by atoms with Crippen molar-refractivity contribution in [2.24, 2.45) is 0 Å². The Labute approximate surface area is 102 Å². The molecule has 0 aliphatic carbocycles. The van der Waals surface area contributed by atoms with Crippen LogP contribution >= 0.6 is 0 Å². The molecule has 1 aromatic carbocycles. The molecule has 2 aromatic rings. The molecule has 17 heavy (non-hydrogen) atoms. The lowest BCUT2D eigenvalue weighted by molar-refractivity contribution is 0.476. The third-order valence-corrected chi connectivity index (χ3v) is 3.15. The van der Waals surface area contributed by atoms with Crippen LogP contribution in [0.5, 0.6) is 0 Å². The Kier molecular flexibility index (Phi) is 3.47. The molecule has 0 amide bonds. The van der Waals surface area contributed by atoms with Crippen molar-refractivity contribution >= 4 is 5.69 Å². The standard InChI is InChI=1S/C14H19N3/c1-3-13(4-2)17-9-8-16-14(17)11-6-5-7-12(15)10-11/h5-10,13H,3-4,15H2,1-2H3. The number of aromatic nitrogens is 2. The number of rotatable bonds is 4. The maximum Gasteiger partial charge on any atom is 0.140 e. The third kappa shape index (κ3) is 2.33. The van der Waals surface area contributed by atoms with Gasteiger partial charge in [-0.05, 0) is 25.0 Å². The van der Waals surface area contributed by atoms with Crippen LogP contribution in [0.2, 0.25) is 0 Å². The first-order chi connectivity index (χ1) is 8.26. The second-order valence-corrected chi connectivity index (χ2v) is 4.25. The van der Waals surface area contributed by atoms with E-state index >= 15 is 0 Å². The van der Waals surface area contributed by atoms with Gasteiger partial charge in [-0.1, -0.05) is 26.0 Å². The summed E-state index contributed by atoms with van der Waals surface area (Å²) < 4.78 is 2.24. The fraction of sp³-hybridized carbons (Fsp3) is 0.357. The van der Waals surface area contributed by atoms with Crippen molar-refractivity contribution in [2.75, 3.05) is 5.73 Å². The van der Waals surface area contributed by atoms with Crippen LogP contribution in [-0.4, -0.2) is 9.55 Å². The summed E-state index contributed by atoms with van der Waals surface area (Å²) in [6, 6.07) is 8.40. The molecule has 3 nitrogen and oxygen atoms in total. The number of anilines is 1. The largest absolute Gasteiger partial charge is 0.399 e. The minimum Gasteiger partial charge on any atom is -0.399 e. The van der Waals surface area contributed by atoms with E-state index in [1.807, 2.05) is 24.4 Å². The number of hydrogen-bond donors (Lipinski definition) is 1. The zero-order valence-electron chi connectivity index (χ0n) is 10.4. The lowest BCUT2D eigenvalue weighted by Gasteiger charge is -2.17. The quantitative estimate of drug-likeness (QED) is 0.815. The van der Waals surface area contributed by atoms with Crippen molar-refractivity contribution in [3.8, 4) is 11.4 Å². The molecule has 2 rings (SSSR count). The average molecular weight is 229 g/mol. The molecule has 3 heteroatoms. The molecule has 0 aliphatic heterocycles. The van der Waals surface area contributed by atoms with Gasteiger partial charge in [0.2, 0.25) is 0 Å². The highest BCUT2D eigenvalue weighted by atomic mass is 15.1. The van der Waals surface area contributed by atoms with E-state index in [1.54, 1.807) is 0 Å². The number of nitrogens with two attached hydrogens (primary N) is 1. The molecule has 0 saturated carbocycles. The Balaban J connectivity index is 2.43. The van der Waals surface area contributed by atoms with Gasteiger partial charge in [-0.2, -0.15) is 0 Å². The number of hydrogen-bond acceptors (Lipinski definition) is 2. The zero-order chi connectivity index (χ0) is 12.3. The van der Waals surface area contributed by atoms with Crippen molar-refractivity contribution in [1.82, 2.24) is 9.55 Å². The van der Waals surface area contributed by atoms with Crippen molar-refractivity contribution in [3.63, 3.8) is 0 Å². The number of nitrogen functional groups attached to an aromatic ring is 1. The Morgan fingerprint density at radius 3 is 2.71 bits per heavy atom. The predicted molar refractivity (Wildman–Crippen MR) is 71.7 cm³/mol. The molecule has 0 spiro atoms. The van der Waals surface area contributed by atoms with E-state index in [9.17, 15) is 0 Å². The molecule has 2 N–H and O–H groups in total. The summed E-state index contributed by atoms with van der Waals surface area (Å²) in [6.45, 7) is 4.41. The van der Waals surface area contributed by atoms with Gasteiger partial charge in [0.05, 0.1) is 0 Å². The summed E-state index contributed by atoms with van der Waals surface area (Å²) >= 11 is 0. The molecule has 90 valence electrons. The molecule has 0 radical (unpaired) electrons. The molecule has 0 unspecified atom stereocenters. The summed E-state index contributed by atoms with van der Waals surface area (Å²) in [7, 11) is 0. The lowest BCUT2D eigenvalue weighted by Crippen LogP contribution is -2.07. The smallest absolute Gasteiger partial charge is 0.140 e. The molecule has 1 aromatic heterocycles. The average Bonchev–Trinajstić information content (AvgIpc) is 2.80. The zero-order valence-corrected chi connectivity index (χ0v) is 10.4. The highest BCUT2D eigenvalue weighted by Crippen LogP contribution is 2.25. The molecule has 0 saturated heterocycles. The van der Waals surface area contributed by atoms with Crippen LogP contribution in [0.4, 0.5) is 5.69 Å². The van der Waals surface area contributed by atoms with Gasteiger partial charge in [0.1, 0.15) is 5.82 Å². The van der Waals surface area contributed by atoms with Crippen molar-refractivity contribution in [2.45, 2.75) is 32.7 Å². The topological polar surface area (TPSA) is 43.8 Å². The SMILES string of the molecule is CCC(CC)n1ccnc1-c1cccc(N)c1. The van der Waals surface area contributed by atoms with Crippen LogP contribution in [-0.2, 0) is 0 Å². The lowest BCUT2D eigenvalue weighted by atomic mass is 10.1. The predicted octanol–water partition coefficient (Wildman–Crippen LogP) is 3.49. The van der Waals surface area contributed by atoms with Gasteiger partial charge in [-0.25, -0.2) is 4.98 Å². The summed E-state index contributed by atoms with van der Waals surface area (Å²) in [5.74, 6) is 1.01. The molecule has 0 bridgehead atoms. The van der Waals surface area contributed by atoms with E-state index in [0.29, 0.717) is 6.04 Å². The minimum absolute atomic E-state index is 0.508. The van der Waals surface area contributed by atoms with Crippen LogP contribution in [0.15, 0.2) is 36.7 Å². The van der Waals surface area contributed by atoms with Gasteiger partial charge in [0, 0.05) is 29.7 Å². The fourth-order valence-corrected chi connectivity index (χ4v) is 2.19. The van der Waals surface area contributed by atoms with Gasteiger partial charge in [-0.3, -0.25) is 0 Å². The molecule has 0 fully saturated rings. The molecule has 1 heterocycles. The number of imidazole rings is 1. The van der Waals surface area contributed by atoms with Crippen LogP contribution in [0.25, 0.3) is 11.4 Å².